The van der Waals surface area contributed by atoms with E-state index >= 15 is 0 Å². The van der Waals surface area contributed by atoms with E-state index in [4.69, 9.17) is 0 Å². The van der Waals surface area contributed by atoms with Crippen LogP contribution in [0.5, 0.6) is 0 Å². The Morgan fingerprint density at radius 2 is 1.76 bits per heavy atom. The van der Waals surface area contributed by atoms with Crippen LogP contribution in [0.3, 0.4) is 0 Å². The van der Waals surface area contributed by atoms with Crippen molar-refractivity contribution in [1.82, 2.24) is 5.32 Å². The third-order valence-electron chi connectivity index (χ3n) is 2.97. The number of rotatable bonds is 5. The second-order valence-electron chi connectivity index (χ2n) is 4.78. The first-order chi connectivity index (χ1) is 7.91. The van der Waals surface area contributed by atoms with E-state index in [-0.39, 0.29) is 18.0 Å². The van der Waals surface area contributed by atoms with Gasteiger partial charge in [0.2, 0.25) is 0 Å². The normalized spacial score (nSPS) is 14.7. The molecular formula is C14H22FNO. The van der Waals surface area contributed by atoms with Crippen LogP contribution in [0.1, 0.15) is 43.0 Å². The molecule has 17 heavy (non-hydrogen) atoms. The fraction of sp³-hybridized carbons (Fsp3) is 0.571. The molecule has 0 radical (unpaired) electrons. The lowest BCUT2D eigenvalue weighted by Crippen LogP contribution is -2.22. The molecule has 0 heterocycles. The summed E-state index contributed by atoms with van der Waals surface area (Å²) >= 11 is 0. The summed E-state index contributed by atoms with van der Waals surface area (Å²) in [6.07, 6.45) is 0.440. The zero-order valence-corrected chi connectivity index (χ0v) is 11.0. The number of aliphatic hydroxyl groups is 1. The Morgan fingerprint density at radius 1 is 1.24 bits per heavy atom. The average Bonchev–Trinajstić information content (AvgIpc) is 2.24. The SMILES string of the molecule is Cc1cc(C(C)NCCC(C)O)cc(C)c1F. The van der Waals surface area contributed by atoms with E-state index in [1.165, 1.54) is 0 Å². The van der Waals surface area contributed by atoms with Gasteiger partial charge in [-0.05, 0) is 57.4 Å². The van der Waals surface area contributed by atoms with Gasteiger partial charge in [-0.3, -0.25) is 0 Å². The Kier molecular flexibility index (Phi) is 5.09. The van der Waals surface area contributed by atoms with Gasteiger partial charge in [-0.25, -0.2) is 4.39 Å². The summed E-state index contributed by atoms with van der Waals surface area (Å²) in [6, 6.07) is 3.93. The summed E-state index contributed by atoms with van der Waals surface area (Å²) in [4.78, 5) is 0. The van der Waals surface area contributed by atoms with Gasteiger partial charge in [-0.15, -0.1) is 0 Å². The van der Waals surface area contributed by atoms with Crippen molar-refractivity contribution < 1.29 is 9.50 Å². The van der Waals surface area contributed by atoms with Gasteiger partial charge in [0.15, 0.2) is 0 Å². The molecule has 2 atom stereocenters. The van der Waals surface area contributed by atoms with Crippen molar-refractivity contribution in [2.75, 3.05) is 6.54 Å². The molecule has 1 aromatic rings. The number of hydrogen-bond donors (Lipinski definition) is 2. The van der Waals surface area contributed by atoms with E-state index in [0.717, 1.165) is 18.5 Å². The van der Waals surface area contributed by atoms with Gasteiger partial charge in [-0.2, -0.15) is 0 Å². The minimum absolute atomic E-state index is 0.120. The third-order valence-corrected chi connectivity index (χ3v) is 2.97. The second-order valence-corrected chi connectivity index (χ2v) is 4.78. The molecule has 0 aliphatic heterocycles. The van der Waals surface area contributed by atoms with Gasteiger partial charge in [0, 0.05) is 6.04 Å². The Labute approximate surface area is 103 Å². The summed E-state index contributed by atoms with van der Waals surface area (Å²) in [5, 5.41) is 12.5. The zero-order valence-electron chi connectivity index (χ0n) is 11.0. The second kappa shape index (κ2) is 6.12. The molecule has 0 spiro atoms. The first-order valence-corrected chi connectivity index (χ1v) is 6.10. The molecule has 0 saturated carbocycles. The first kappa shape index (κ1) is 14.1. The molecule has 0 fully saturated rings. The molecular weight excluding hydrogens is 217 g/mol. The largest absolute Gasteiger partial charge is 0.393 e. The standard InChI is InChI=1S/C14H22FNO/c1-9-7-13(8-10(2)14(9)15)12(4)16-6-5-11(3)17/h7-8,11-12,16-17H,5-6H2,1-4H3. The van der Waals surface area contributed by atoms with Crippen molar-refractivity contribution in [3.05, 3.63) is 34.6 Å². The molecule has 0 saturated heterocycles. The lowest BCUT2D eigenvalue weighted by molar-refractivity contribution is 0.182. The number of nitrogens with one attached hydrogen (secondary N) is 1. The maximum atomic E-state index is 13.5. The van der Waals surface area contributed by atoms with Crippen LogP contribution in [0.4, 0.5) is 4.39 Å². The van der Waals surface area contributed by atoms with E-state index in [2.05, 4.69) is 5.32 Å². The minimum atomic E-state index is -0.286. The third kappa shape index (κ3) is 4.10. The van der Waals surface area contributed by atoms with Gasteiger partial charge >= 0.3 is 0 Å². The van der Waals surface area contributed by atoms with Gasteiger partial charge in [0.1, 0.15) is 5.82 Å². The number of aryl methyl sites for hydroxylation is 2. The summed E-state index contributed by atoms with van der Waals surface area (Å²) < 4.78 is 13.5. The number of aliphatic hydroxyl groups excluding tert-OH is 1. The van der Waals surface area contributed by atoms with E-state index in [1.807, 2.05) is 19.1 Å². The quantitative estimate of drug-likeness (QED) is 0.828. The number of benzene rings is 1. The maximum Gasteiger partial charge on any atom is 0.129 e. The first-order valence-electron chi connectivity index (χ1n) is 6.10. The summed E-state index contributed by atoms with van der Waals surface area (Å²) in [5.74, 6) is -0.120. The predicted octanol–water partition coefficient (Wildman–Crippen LogP) is 2.86. The fourth-order valence-electron chi connectivity index (χ4n) is 1.86. The molecule has 2 N–H and O–H groups in total. The van der Waals surface area contributed by atoms with Gasteiger partial charge in [-0.1, -0.05) is 12.1 Å². The highest BCUT2D eigenvalue weighted by Gasteiger charge is 2.09. The summed E-state index contributed by atoms with van der Waals surface area (Å²) in [6.45, 7) is 8.16. The predicted molar refractivity (Wildman–Crippen MR) is 68.6 cm³/mol. The van der Waals surface area contributed by atoms with Crippen molar-refractivity contribution in [2.45, 2.75) is 46.3 Å². The van der Waals surface area contributed by atoms with E-state index in [1.54, 1.807) is 20.8 Å². The van der Waals surface area contributed by atoms with Crippen LogP contribution in [-0.2, 0) is 0 Å². The van der Waals surface area contributed by atoms with E-state index < -0.39 is 0 Å². The van der Waals surface area contributed by atoms with Gasteiger partial charge < -0.3 is 10.4 Å². The highest BCUT2D eigenvalue weighted by Crippen LogP contribution is 2.19. The molecule has 2 unspecified atom stereocenters. The molecule has 2 nitrogen and oxygen atoms in total. The number of halogens is 1. The molecule has 1 aromatic carbocycles. The lowest BCUT2D eigenvalue weighted by atomic mass is 10.0. The molecule has 96 valence electrons. The Bertz CT molecular complexity index is 353. The molecule has 0 amide bonds. The van der Waals surface area contributed by atoms with Crippen molar-refractivity contribution in [1.29, 1.82) is 0 Å². The van der Waals surface area contributed by atoms with E-state index in [0.29, 0.717) is 11.1 Å². The highest BCUT2D eigenvalue weighted by atomic mass is 19.1. The van der Waals surface area contributed by atoms with Crippen molar-refractivity contribution in [2.24, 2.45) is 0 Å². The van der Waals surface area contributed by atoms with Crippen LogP contribution >= 0.6 is 0 Å². The van der Waals surface area contributed by atoms with Crippen LogP contribution in [0.15, 0.2) is 12.1 Å². The number of hydrogen-bond acceptors (Lipinski definition) is 2. The van der Waals surface area contributed by atoms with Gasteiger partial charge in [0.25, 0.3) is 0 Å². The fourth-order valence-corrected chi connectivity index (χ4v) is 1.86. The smallest absolute Gasteiger partial charge is 0.129 e. The van der Waals surface area contributed by atoms with Crippen LogP contribution in [0, 0.1) is 19.7 Å². The van der Waals surface area contributed by atoms with Crippen molar-refractivity contribution in [3.63, 3.8) is 0 Å². The Hall–Kier alpha value is -0.930. The van der Waals surface area contributed by atoms with Crippen molar-refractivity contribution in [3.8, 4) is 0 Å². The topological polar surface area (TPSA) is 32.3 Å². The molecule has 0 aliphatic rings. The monoisotopic (exact) mass is 239 g/mol. The van der Waals surface area contributed by atoms with E-state index in [9.17, 15) is 9.50 Å². The highest BCUT2D eigenvalue weighted by molar-refractivity contribution is 5.32. The zero-order chi connectivity index (χ0) is 13.0. The van der Waals surface area contributed by atoms with Crippen LogP contribution in [0.2, 0.25) is 0 Å². The van der Waals surface area contributed by atoms with Gasteiger partial charge in [0.05, 0.1) is 6.10 Å². The lowest BCUT2D eigenvalue weighted by Gasteiger charge is -2.16. The molecule has 0 aliphatic carbocycles. The average molecular weight is 239 g/mol. The van der Waals surface area contributed by atoms with Crippen LogP contribution in [-0.4, -0.2) is 17.8 Å². The molecule has 0 aromatic heterocycles. The van der Waals surface area contributed by atoms with Crippen LogP contribution in [0.25, 0.3) is 0 Å². The summed E-state index contributed by atoms with van der Waals surface area (Å²) in [5.41, 5.74) is 2.46. The Morgan fingerprint density at radius 3 is 2.24 bits per heavy atom. The minimum Gasteiger partial charge on any atom is -0.393 e. The van der Waals surface area contributed by atoms with Crippen LogP contribution < -0.4 is 5.32 Å². The molecule has 1 rings (SSSR count). The van der Waals surface area contributed by atoms with Crippen molar-refractivity contribution >= 4 is 0 Å². The molecule has 3 heteroatoms. The molecule has 0 bridgehead atoms. The summed E-state index contributed by atoms with van der Waals surface area (Å²) in [7, 11) is 0. The maximum absolute atomic E-state index is 13.5. The Balaban J connectivity index is 2.66.